The minimum absolute atomic E-state index is 0.152. The highest BCUT2D eigenvalue weighted by molar-refractivity contribution is 5.45. The van der Waals surface area contributed by atoms with Crippen molar-refractivity contribution in [2.24, 2.45) is 16.9 Å². The standard InChI is InChI=1S/C26H39N3O2/c1-4-6-10-16-25(15-5-2)18-22-13-14-23(30-19-21-11-8-7-9-12-21)17-24(22)26(25,28)31-29(3)20-27/h7-9,11-14,17H,4-6,10,15-16,18-20,27-28H2,1-3H3/t25-,26?/m1/s1. The van der Waals surface area contributed by atoms with Crippen LogP contribution in [-0.4, -0.2) is 18.8 Å². The number of rotatable bonds is 12. The van der Waals surface area contributed by atoms with Crippen molar-refractivity contribution in [3.05, 3.63) is 65.2 Å². The third-order valence-electron chi connectivity index (χ3n) is 6.59. The molecule has 0 aromatic heterocycles. The van der Waals surface area contributed by atoms with E-state index in [0.717, 1.165) is 49.0 Å². The average molecular weight is 426 g/mol. The van der Waals surface area contributed by atoms with E-state index in [-0.39, 0.29) is 12.1 Å². The summed E-state index contributed by atoms with van der Waals surface area (Å²) < 4.78 is 6.12. The van der Waals surface area contributed by atoms with Gasteiger partial charge in [-0.3, -0.25) is 10.6 Å². The number of ether oxygens (including phenoxy) is 1. The van der Waals surface area contributed by atoms with Crippen LogP contribution < -0.4 is 16.2 Å². The molecule has 31 heavy (non-hydrogen) atoms. The molecular formula is C26H39N3O2. The predicted molar refractivity (Wildman–Crippen MR) is 126 cm³/mol. The van der Waals surface area contributed by atoms with Gasteiger partial charge < -0.3 is 10.5 Å². The minimum atomic E-state index is -0.924. The van der Waals surface area contributed by atoms with E-state index < -0.39 is 5.72 Å². The molecule has 1 aliphatic carbocycles. The number of hydrogen-bond acceptors (Lipinski definition) is 5. The van der Waals surface area contributed by atoms with Crippen molar-refractivity contribution < 1.29 is 9.57 Å². The van der Waals surface area contributed by atoms with Gasteiger partial charge in [0.25, 0.3) is 0 Å². The summed E-state index contributed by atoms with van der Waals surface area (Å²) in [5, 5.41) is 1.66. The van der Waals surface area contributed by atoms with Crippen LogP contribution in [0.1, 0.15) is 69.1 Å². The van der Waals surface area contributed by atoms with Crippen LogP contribution >= 0.6 is 0 Å². The zero-order valence-electron chi connectivity index (χ0n) is 19.4. The maximum atomic E-state index is 7.20. The van der Waals surface area contributed by atoms with Crippen molar-refractivity contribution in [2.45, 2.75) is 71.1 Å². The van der Waals surface area contributed by atoms with E-state index in [9.17, 15) is 0 Å². The van der Waals surface area contributed by atoms with Crippen molar-refractivity contribution in [2.75, 3.05) is 13.7 Å². The molecule has 170 valence electrons. The second-order valence-corrected chi connectivity index (χ2v) is 8.89. The number of nitrogens with zero attached hydrogens (tertiary/aromatic N) is 1. The van der Waals surface area contributed by atoms with Gasteiger partial charge in [0.05, 0.1) is 6.67 Å². The summed E-state index contributed by atoms with van der Waals surface area (Å²) in [5.74, 6) is 0.817. The first-order chi connectivity index (χ1) is 15.0. The summed E-state index contributed by atoms with van der Waals surface area (Å²) in [7, 11) is 1.85. The summed E-state index contributed by atoms with van der Waals surface area (Å²) in [6.45, 7) is 5.28. The SMILES string of the molecule is CCCCC[C@]1(CCC)Cc2ccc(OCc3ccccc3)cc2C1(N)ON(C)CN. The molecule has 5 heteroatoms. The number of nitrogens with two attached hydrogens (primary N) is 2. The van der Waals surface area contributed by atoms with Crippen molar-refractivity contribution >= 4 is 0 Å². The van der Waals surface area contributed by atoms with Gasteiger partial charge in [-0.05, 0) is 42.5 Å². The lowest BCUT2D eigenvalue weighted by Gasteiger charge is -2.45. The topological polar surface area (TPSA) is 73.7 Å². The molecule has 0 amide bonds. The van der Waals surface area contributed by atoms with Gasteiger partial charge in [0.15, 0.2) is 5.72 Å². The van der Waals surface area contributed by atoms with Crippen molar-refractivity contribution in [1.82, 2.24) is 5.06 Å². The minimum Gasteiger partial charge on any atom is -0.489 e. The molecule has 1 unspecified atom stereocenters. The number of hydrogen-bond donors (Lipinski definition) is 2. The van der Waals surface area contributed by atoms with Crippen molar-refractivity contribution in [3.63, 3.8) is 0 Å². The van der Waals surface area contributed by atoms with E-state index in [0.29, 0.717) is 6.61 Å². The molecule has 1 aliphatic rings. The predicted octanol–water partition coefficient (Wildman–Crippen LogP) is 5.08. The molecule has 3 rings (SSSR count). The zero-order chi connectivity index (χ0) is 22.3. The summed E-state index contributed by atoms with van der Waals surface area (Å²) in [6, 6.07) is 16.5. The Kier molecular flexibility index (Phi) is 8.11. The maximum Gasteiger partial charge on any atom is 0.170 e. The van der Waals surface area contributed by atoms with Crippen molar-refractivity contribution in [1.29, 1.82) is 0 Å². The van der Waals surface area contributed by atoms with Gasteiger partial charge in [-0.2, -0.15) is 5.06 Å². The fraction of sp³-hybridized carbons (Fsp3) is 0.538. The Labute approximate surface area is 187 Å². The van der Waals surface area contributed by atoms with Gasteiger partial charge >= 0.3 is 0 Å². The highest BCUT2D eigenvalue weighted by atomic mass is 16.7. The Morgan fingerprint density at radius 2 is 1.77 bits per heavy atom. The van der Waals surface area contributed by atoms with Crippen LogP contribution in [0, 0.1) is 5.41 Å². The first-order valence-corrected chi connectivity index (χ1v) is 11.7. The second-order valence-electron chi connectivity index (χ2n) is 8.89. The van der Waals surface area contributed by atoms with Gasteiger partial charge in [0, 0.05) is 18.0 Å². The molecule has 2 atom stereocenters. The Balaban J connectivity index is 1.93. The van der Waals surface area contributed by atoms with E-state index in [2.05, 4.69) is 44.2 Å². The third-order valence-corrected chi connectivity index (χ3v) is 6.59. The molecule has 0 aliphatic heterocycles. The van der Waals surface area contributed by atoms with E-state index in [1.807, 2.05) is 25.2 Å². The van der Waals surface area contributed by atoms with Crippen LogP contribution in [0.25, 0.3) is 0 Å². The van der Waals surface area contributed by atoms with Crippen LogP contribution in [-0.2, 0) is 23.6 Å². The monoisotopic (exact) mass is 425 g/mol. The summed E-state index contributed by atoms with van der Waals surface area (Å²) >= 11 is 0. The number of unbranched alkanes of at least 4 members (excludes halogenated alkanes) is 2. The van der Waals surface area contributed by atoms with E-state index in [1.54, 1.807) is 5.06 Å². The van der Waals surface area contributed by atoms with Gasteiger partial charge in [0.2, 0.25) is 0 Å². The van der Waals surface area contributed by atoms with Crippen LogP contribution in [0.2, 0.25) is 0 Å². The Morgan fingerprint density at radius 1 is 1.00 bits per heavy atom. The van der Waals surface area contributed by atoms with Crippen LogP contribution in [0.15, 0.2) is 48.5 Å². The summed E-state index contributed by atoms with van der Waals surface area (Å²) in [6.07, 6.45) is 7.58. The van der Waals surface area contributed by atoms with Gasteiger partial charge in [-0.25, -0.2) is 0 Å². The fourth-order valence-corrected chi connectivity index (χ4v) is 4.96. The smallest absolute Gasteiger partial charge is 0.170 e. The van der Waals surface area contributed by atoms with E-state index >= 15 is 0 Å². The van der Waals surface area contributed by atoms with Gasteiger partial charge in [-0.15, -0.1) is 0 Å². The van der Waals surface area contributed by atoms with E-state index in [1.165, 1.54) is 18.4 Å². The molecule has 0 heterocycles. The first-order valence-electron chi connectivity index (χ1n) is 11.7. The molecule has 0 spiro atoms. The quantitative estimate of drug-likeness (QED) is 0.282. The van der Waals surface area contributed by atoms with E-state index in [4.69, 9.17) is 21.0 Å². The van der Waals surface area contributed by atoms with Crippen molar-refractivity contribution in [3.8, 4) is 5.75 Å². The molecule has 0 bridgehead atoms. The second kappa shape index (κ2) is 10.6. The molecule has 4 N–H and O–H groups in total. The Bertz CT molecular complexity index is 829. The first kappa shape index (κ1) is 23.7. The maximum absolute atomic E-state index is 7.20. The van der Waals surface area contributed by atoms with Gasteiger partial charge in [0.1, 0.15) is 12.4 Å². The molecular weight excluding hydrogens is 386 g/mol. The zero-order valence-corrected chi connectivity index (χ0v) is 19.4. The van der Waals surface area contributed by atoms with Crippen LogP contribution in [0.5, 0.6) is 5.75 Å². The molecule has 0 saturated carbocycles. The third kappa shape index (κ3) is 5.12. The number of benzene rings is 2. The molecule has 0 fully saturated rings. The highest BCUT2D eigenvalue weighted by Crippen LogP contribution is 2.55. The molecule has 2 aromatic rings. The van der Waals surface area contributed by atoms with Crippen LogP contribution in [0.3, 0.4) is 0 Å². The molecule has 5 nitrogen and oxygen atoms in total. The highest BCUT2D eigenvalue weighted by Gasteiger charge is 2.56. The number of hydroxylamine groups is 2. The molecule has 0 saturated heterocycles. The van der Waals surface area contributed by atoms with Gasteiger partial charge in [-0.1, -0.05) is 75.9 Å². The summed E-state index contributed by atoms with van der Waals surface area (Å²) in [5.41, 5.74) is 15.4. The summed E-state index contributed by atoms with van der Waals surface area (Å²) in [4.78, 5) is 6.42. The lowest BCUT2D eigenvalue weighted by Crippen LogP contribution is -2.55. The lowest BCUT2D eigenvalue weighted by molar-refractivity contribution is -0.280. The fourth-order valence-electron chi connectivity index (χ4n) is 4.96. The Morgan fingerprint density at radius 3 is 2.45 bits per heavy atom. The molecule has 2 aromatic carbocycles. The largest absolute Gasteiger partial charge is 0.489 e. The average Bonchev–Trinajstić information content (AvgIpc) is 3.01. The molecule has 0 radical (unpaired) electrons. The lowest BCUT2D eigenvalue weighted by atomic mass is 9.71. The van der Waals surface area contributed by atoms with Crippen LogP contribution in [0.4, 0.5) is 0 Å². The Hall–Kier alpha value is -1.92. The normalized spacial score (nSPS) is 22.6. The number of fused-ring (bicyclic) bond motifs is 1.